The van der Waals surface area contributed by atoms with E-state index < -0.39 is 18.2 Å². The highest BCUT2D eigenvalue weighted by atomic mass is 35.5. The molecular weight excluding hydrogens is 701 g/mol. The molecule has 0 radical (unpaired) electrons. The monoisotopic (exact) mass is 759 g/mol. The van der Waals surface area contributed by atoms with E-state index in [0.717, 1.165) is 81.0 Å². The van der Waals surface area contributed by atoms with Gasteiger partial charge in [0.1, 0.15) is 5.75 Å². The zero-order valence-corrected chi connectivity index (χ0v) is 32.6. The van der Waals surface area contributed by atoms with Crippen LogP contribution in [-0.2, 0) is 25.5 Å². The number of carbonyl (C=O) groups excluding carboxylic acids is 2. The van der Waals surface area contributed by atoms with Crippen LogP contribution in [0.15, 0.2) is 36.4 Å². The second kappa shape index (κ2) is 22.9. The van der Waals surface area contributed by atoms with Crippen LogP contribution in [0.4, 0.5) is 11.4 Å². The first-order valence-electron chi connectivity index (χ1n) is 19.7. The van der Waals surface area contributed by atoms with E-state index in [1.165, 1.54) is 57.8 Å². The summed E-state index contributed by atoms with van der Waals surface area (Å²) in [5.41, 5.74) is 2.22. The lowest BCUT2D eigenvalue weighted by Gasteiger charge is -2.36. The van der Waals surface area contributed by atoms with Crippen LogP contribution in [0.3, 0.4) is 0 Å². The molecule has 1 atom stereocenters. The summed E-state index contributed by atoms with van der Waals surface area (Å²) in [6.45, 7) is 7.33. The van der Waals surface area contributed by atoms with Crippen LogP contribution in [-0.4, -0.2) is 73.4 Å². The van der Waals surface area contributed by atoms with Crippen molar-refractivity contribution in [3.63, 3.8) is 0 Å². The summed E-state index contributed by atoms with van der Waals surface area (Å²) < 4.78 is 11.5. The Bertz CT molecular complexity index is 1420. The molecule has 2 aliphatic rings. The van der Waals surface area contributed by atoms with Gasteiger partial charge in [0, 0.05) is 45.1 Å². The molecule has 2 aromatic carbocycles. The van der Waals surface area contributed by atoms with Crippen LogP contribution < -0.4 is 14.5 Å². The van der Waals surface area contributed by atoms with Crippen LogP contribution in [0, 0.1) is 0 Å². The summed E-state index contributed by atoms with van der Waals surface area (Å²) in [7, 11) is 0. The Hall–Kier alpha value is -3.01. The van der Waals surface area contributed by atoms with Crippen LogP contribution >= 0.6 is 23.2 Å². The number of carboxylic acid groups (broad SMARTS) is 1. The number of aryl methyl sites for hydroxylation is 1. The van der Waals surface area contributed by atoms with Crippen molar-refractivity contribution in [3.05, 3.63) is 52.0 Å². The van der Waals surface area contributed by atoms with Crippen molar-refractivity contribution in [1.29, 1.82) is 0 Å². The maximum absolute atomic E-state index is 13.1. The molecule has 1 N–H and O–H groups in total. The molecule has 4 rings (SSSR count). The van der Waals surface area contributed by atoms with Gasteiger partial charge in [0.05, 0.1) is 28.0 Å². The predicted molar refractivity (Wildman–Crippen MR) is 210 cm³/mol. The lowest BCUT2D eigenvalue weighted by atomic mass is 10.0. The first-order chi connectivity index (χ1) is 25.3. The van der Waals surface area contributed by atoms with E-state index in [2.05, 4.69) is 16.7 Å². The van der Waals surface area contributed by atoms with Crippen molar-refractivity contribution < 1.29 is 29.0 Å². The number of hydrogen-bond donors (Lipinski definition) is 1. The first kappa shape index (κ1) is 41.7. The summed E-state index contributed by atoms with van der Waals surface area (Å²) in [6.07, 6.45) is 16.3. The quantitative estimate of drug-likeness (QED) is 0.0835. The van der Waals surface area contributed by atoms with Crippen LogP contribution in [0.5, 0.6) is 5.75 Å². The number of carbonyl (C=O) groups is 3. The number of anilines is 2. The maximum atomic E-state index is 13.1. The average Bonchev–Trinajstić information content (AvgIpc) is 3.14. The maximum Gasteiger partial charge on any atom is 0.367 e. The lowest BCUT2D eigenvalue weighted by molar-refractivity contribution is -0.165. The van der Waals surface area contributed by atoms with E-state index in [1.807, 2.05) is 24.3 Å². The number of hydrogen-bond acceptors (Lipinski definition) is 7. The number of esters is 1. The molecule has 1 amide bonds. The standard InChI is InChI=1S/C41H59Cl2N3O6/c1-2-3-4-5-6-7-8-9-10-11-12-13-14-20-38(48)52-40(41(49)50)46-36-31-33(23-21-32(36)22-24-37(46)47)51-30-16-15-25-44-26-28-45(29-27-44)35-19-17-18-34(42)39(35)43/h17-19,21,23,31,40H,2-16,20,22,24-30H2,1H3,(H,49,50). The summed E-state index contributed by atoms with van der Waals surface area (Å²) in [4.78, 5) is 44.0. The average molecular weight is 761 g/mol. The third-order valence-electron chi connectivity index (χ3n) is 10.1. The van der Waals surface area contributed by atoms with Gasteiger partial charge in [0.2, 0.25) is 5.91 Å². The molecular formula is C41H59Cl2N3O6. The van der Waals surface area contributed by atoms with Gasteiger partial charge in [-0.15, -0.1) is 0 Å². The molecule has 1 saturated heterocycles. The summed E-state index contributed by atoms with van der Waals surface area (Å²) in [5.74, 6) is -1.81. The third-order valence-corrected chi connectivity index (χ3v) is 11.0. The van der Waals surface area contributed by atoms with Gasteiger partial charge in [0.25, 0.3) is 6.23 Å². The Kier molecular flexibility index (Phi) is 18.4. The highest BCUT2D eigenvalue weighted by Crippen LogP contribution is 2.35. The zero-order valence-electron chi connectivity index (χ0n) is 31.1. The van der Waals surface area contributed by atoms with Gasteiger partial charge in [-0.1, -0.05) is 119 Å². The van der Waals surface area contributed by atoms with E-state index in [-0.39, 0.29) is 18.7 Å². The van der Waals surface area contributed by atoms with Gasteiger partial charge >= 0.3 is 11.9 Å². The van der Waals surface area contributed by atoms with E-state index >= 15 is 0 Å². The number of halogens is 2. The molecule has 52 heavy (non-hydrogen) atoms. The fourth-order valence-electron chi connectivity index (χ4n) is 7.08. The molecule has 288 valence electrons. The number of rotatable bonds is 24. The smallest absolute Gasteiger partial charge is 0.367 e. The van der Waals surface area contributed by atoms with Gasteiger partial charge < -0.3 is 19.5 Å². The highest BCUT2D eigenvalue weighted by Gasteiger charge is 2.38. The van der Waals surface area contributed by atoms with Crippen molar-refractivity contribution in [2.75, 3.05) is 49.1 Å². The molecule has 1 unspecified atom stereocenters. The second-order valence-corrected chi connectivity index (χ2v) is 15.0. The van der Waals surface area contributed by atoms with Crippen molar-refractivity contribution >= 4 is 52.4 Å². The van der Waals surface area contributed by atoms with Gasteiger partial charge in [-0.3, -0.25) is 19.4 Å². The number of unbranched alkanes of at least 4 members (excludes halogenated alkanes) is 13. The van der Waals surface area contributed by atoms with Gasteiger partial charge in [-0.25, -0.2) is 4.79 Å². The van der Waals surface area contributed by atoms with E-state index in [9.17, 15) is 19.5 Å². The topological polar surface area (TPSA) is 99.6 Å². The lowest BCUT2D eigenvalue weighted by Crippen LogP contribution is -2.50. The number of piperazine rings is 1. The Morgan fingerprint density at radius 2 is 1.44 bits per heavy atom. The minimum Gasteiger partial charge on any atom is -0.494 e. The second-order valence-electron chi connectivity index (χ2n) is 14.2. The molecule has 9 nitrogen and oxygen atoms in total. The fourth-order valence-corrected chi connectivity index (χ4v) is 7.50. The minimum absolute atomic E-state index is 0.130. The van der Waals surface area contributed by atoms with Crippen molar-refractivity contribution in [3.8, 4) is 5.75 Å². The number of carboxylic acids is 1. The number of fused-ring (bicyclic) bond motifs is 1. The molecule has 0 spiro atoms. The fraction of sp³-hybridized carbons (Fsp3) is 0.634. The zero-order chi connectivity index (χ0) is 37.1. The number of aliphatic carboxylic acids is 1. The Morgan fingerprint density at radius 1 is 0.788 bits per heavy atom. The molecule has 0 saturated carbocycles. The van der Waals surface area contributed by atoms with Gasteiger partial charge in [-0.05, 0) is 56.0 Å². The SMILES string of the molecule is CCCCCCCCCCCCCCCC(=O)OC(C(=O)O)N1C(=O)CCc2ccc(OCCCCN3CCN(c4cccc(Cl)c4Cl)CC3)cc21. The molecule has 11 heteroatoms. The van der Waals surface area contributed by atoms with E-state index in [0.29, 0.717) is 40.9 Å². The number of ether oxygens (including phenoxy) is 2. The van der Waals surface area contributed by atoms with E-state index in [1.54, 1.807) is 12.1 Å². The van der Waals surface area contributed by atoms with Crippen LogP contribution in [0.2, 0.25) is 10.0 Å². The number of benzene rings is 2. The highest BCUT2D eigenvalue weighted by molar-refractivity contribution is 6.43. The summed E-state index contributed by atoms with van der Waals surface area (Å²) in [5, 5.41) is 11.2. The summed E-state index contributed by atoms with van der Waals surface area (Å²) >= 11 is 12.6. The van der Waals surface area contributed by atoms with Crippen LogP contribution in [0.25, 0.3) is 0 Å². The largest absolute Gasteiger partial charge is 0.494 e. The number of amides is 1. The Balaban J connectivity index is 1.15. The Labute approximate surface area is 320 Å². The van der Waals surface area contributed by atoms with Crippen molar-refractivity contribution in [2.24, 2.45) is 0 Å². The molecule has 2 aliphatic heterocycles. The molecule has 2 aromatic rings. The molecule has 1 fully saturated rings. The van der Waals surface area contributed by atoms with Crippen molar-refractivity contribution in [2.45, 2.75) is 129 Å². The minimum atomic E-state index is -1.72. The van der Waals surface area contributed by atoms with Crippen molar-refractivity contribution in [1.82, 2.24) is 4.90 Å². The number of nitrogens with zero attached hydrogens (tertiary/aromatic N) is 3. The summed E-state index contributed by atoms with van der Waals surface area (Å²) in [6, 6.07) is 11.1. The van der Waals surface area contributed by atoms with Gasteiger partial charge in [-0.2, -0.15) is 0 Å². The normalized spacial score (nSPS) is 15.4. The van der Waals surface area contributed by atoms with E-state index in [4.69, 9.17) is 32.7 Å². The molecule has 0 bridgehead atoms. The molecule has 2 heterocycles. The first-order valence-corrected chi connectivity index (χ1v) is 20.5. The third kappa shape index (κ3) is 13.4. The molecule has 0 aliphatic carbocycles. The Morgan fingerprint density at radius 3 is 2.10 bits per heavy atom. The van der Waals surface area contributed by atoms with Gasteiger partial charge in [0.15, 0.2) is 0 Å². The van der Waals surface area contributed by atoms with Crippen LogP contribution in [0.1, 0.15) is 122 Å². The predicted octanol–water partition coefficient (Wildman–Crippen LogP) is 9.69. The molecule has 0 aromatic heterocycles.